The van der Waals surface area contributed by atoms with Gasteiger partial charge in [-0.15, -0.1) is 0 Å². The number of carbonyl (C=O) groups excluding carboxylic acids is 3. The van der Waals surface area contributed by atoms with Crippen molar-refractivity contribution in [3.8, 4) is 11.8 Å². The summed E-state index contributed by atoms with van der Waals surface area (Å²) in [5.74, 6) is 3.21. The van der Waals surface area contributed by atoms with Gasteiger partial charge in [-0.2, -0.15) is 0 Å². The van der Waals surface area contributed by atoms with E-state index in [1.165, 1.54) is 26.2 Å². The molecule has 7 heteroatoms. The van der Waals surface area contributed by atoms with Crippen LogP contribution in [0.25, 0.3) is 0 Å². The van der Waals surface area contributed by atoms with Crippen LogP contribution in [0.5, 0.6) is 0 Å². The van der Waals surface area contributed by atoms with E-state index < -0.39 is 23.3 Å². The molecular weight excluding hydrogens is 332 g/mol. The molecule has 0 aliphatic rings. The summed E-state index contributed by atoms with van der Waals surface area (Å²) in [6.07, 6.45) is 1.43. The number of rotatable bonds is 4. The Balaban J connectivity index is 2.22. The third-order valence-electron chi connectivity index (χ3n) is 4.04. The molecule has 2 rings (SSSR count). The van der Waals surface area contributed by atoms with Gasteiger partial charge in [-0.05, 0) is 31.2 Å². The number of amides is 3. The number of hydrogen-bond donors (Lipinski definition) is 2. The Labute approximate surface area is 151 Å². The third kappa shape index (κ3) is 3.70. The van der Waals surface area contributed by atoms with Gasteiger partial charge < -0.3 is 16.4 Å². The Kier molecular flexibility index (Phi) is 5.38. The fraction of sp³-hybridized carbons (Fsp3) is 0.158. The van der Waals surface area contributed by atoms with E-state index in [4.69, 9.17) is 11.5 Å². The van der Waals surface area contributed by atoms with Gasteiger partial charge in [0, 0.05) is 24.4 Å². The summed E-state index contributed by atoms with van der Waals surface area (Å²) in [6, 6.07) is 12.5. The average molecular weight is 350 g/mol. The molecule has 0 unspecified atom stereocenters. The van der Waals surface area contributed by atoms with Crippen LogP contribution in [0.2, 0.25) is 0 Å². The summed E-state index contributed by atoms with van der Waals surface area (Å²) >= 11 is 0. The monoisotopic (exact) mass is 350 g/mol. The van der Waals surface area contributed by atoms with E-state index in [1.54, 1.807) is 6.07 Å². The highest BCUT2D eigenvalue weighted by Crippen LogP contribution is 2.15. The minimum absolute atomic E-state index is 0.0338. The number of nitrogens with two attached hydrogens (primary N) is 2. The molecule has 0 aliphatic carbocycles. The van der Waals surface area contributed by atoms with E-state index in [-0.39, 0.29) is 5.69 Å². The fourth-order valence-corrected chi connectivity index (χ4v) is 2.09. The zero-order valence-corrected chi connectivity index (χ0v) is 14.4. The van der Waals surface area contributed by atoms with Crippen molar-refractivity contribution in [2.24, 2.45) is 11.5 Å². The Hall–Kier alpha value is -3.66. The standard InChI is InChI=1S/C19H18N4O3/c1-19(17(20)25,18(21)26)23(2)16(24)15-11-10-14(12-22-15)9-8-13-6-4-3-5-7-13/h3-7,10-12H,1-2H3,(H2,20,25)(H2,21,26). The van der Waals surface area contributed by atoms with Gasteiger partial charge in [-0.3, -0.25) is 14.4 Å². The molecule has 0 radical (unpaired) electrons. The molecule has 1 aromatic heterocycles. The number of likely N-dealkylation sites (N-methyl/N-ethyl adjacent to an activating group) is 1. The van der Waals surface area contributed by atoms with Gasteiger partial charge >= 0.3 is 0 Å². The van der Waals surface area contributed by atoms with Crippen molar-refractivity contribution in [1.29, 1.82) is 0 Å². The molecular formula is C19H18N4O3. The molecule has 0 atom stereocenters. The third-order valence-corrected chi connectivity index (χ3v) is 4.04. The van der Waals surface area contributed by atoms with Crippen LogP contribution in [-0.4, -0.2) is 40.2 Å². The van der Waals surface area contributed by atoms with E-state index in [1.807, 2.05) is 30.3 Å². The van der Waals surface area contributed by atoms with Crippen molar-refractivity contribution >= 4 is 17.7 Å². The van der Waals surface area contributed by atoms with E-state index in [2.05, 4.69) is 16.8 Å². The number of nitrogens with zero attached hydrogens (tertiary/aromatic N) is 2. The Morgan fingerprint density at radius 1 is 0.962 bits per heavy atom. The van der Waals surface area contributed by atoms with E-state index in [9.17, 15) is 14.4 Å². The molecule has 0 saturated carbocycles. The largest absolute Gasteiger partial charge is 0.367 e. The molecule has 0 bridgehead atoms. The molecule has 0 fully saturated rings. The van der Waals surface area contributed by atoms with Crippen LogP contribution < -0.4 is 11.5 Å². The summed E-state index contributed by atoms with van der Waals surface area (Å²) in [5.41, 5.74) is 10.0. The Morgan fingerprint density at radius 2 is 1.54 bits per heavy atom. The van der Waals surface area contributed by atoms with E-state index in [0.717, 1.165) is 10.5 Å². The second-order valence-corrected chi connectivity index (χ2v) is 5.71. The van der Waals surface area contributed by atoms with E-state index >= 15 is 0 Å². The van der Waals surface area contributed by atoms with Crippen molar-refractivity contribution in [3.63, 3.8) is 0 Å². The van der Waals surface area contributed by atoms with Gasteiger partial charge in [-0.25, -0.2) is 4.98 Å². The fourth-order valence-electron chi connectivity index (χ4n) is 2.09. The van der Waals surface area contributed by atoms with Crippen LogP contribution in [0.1, 0.15) is 28.5 Å². The summed E-state index contributed by atoms with van der Waals surface area (Å²) < 4.78 is 0. The molecule has 3 amide bonds. The molecule has 7 nitrogen and oxygen atoms in total. The van der Waals surface area contributed by atoms with Crippen molar-refractivity contribution < 1.29 is 14.4 Å². The summed E-state index contributed by atoms with van der Waals surface area (Å²) in [6.45, 7) is 1.19. The SMILES string of the molecule is CN(C(=O)c1ccc(C#Cc2ccccc2)cn1)C(C)(C(N)=O)C(N)=O. The van der Waals surface area contributed by atoms with Crippen LogP contribution in [0.3, 0.4) is 0 Å². The second kappa shape index (κ2) is 7.49. The Morgan fingerprint density at radius 3 is 2.04 bits per heavy atom. The first-order chi connectivity index (χ1) is 12.3. The lowest BCUT2D eigenvalue weighted by Crippen LogP contribution is -2.63. The van der Waals surface area contributed by atoms with Gasteiger partial charge in [0.1, 0.15) is 5.69 Å². The first-order valence-electron chi connectivity index (χ1n) is 7.68. The van der Waals surface area contributed by atoms with Crippen molar-refractivity contribution in [3.05, 3.63) is 65.5 Å². The number of hydrogen-bond acceptors (Lipinski definition) is 4. The predicted octanol–water partition coefficient (Wildman–Crippen LogP) is 0.283. The van der Waals surface area contributed by atoms with Gasteiger partial charge in [0.15, 0.2) is 5.54 Å². The summed E-state index contributed by atoms with van der Waals surface area (Å²) in [7, 11) is 1.27. The lowest BCUT2D eigenvalue weighted by Gasteiger charge is -2.32. The first-order valence-corrected chi connectivity index (χ1v) is 7.68. The van der Waals surface area contributed by atoms with Crippen LogP contribution >= 0.6 is 0 Å². The minimum atomic E-state index is -1.95. The molecule has 0 aliphatic heterocycles. The topological polar surface area (TPSA) is 119 Å². The highest BCUT2D eigenvalue weighted by atomic mass is 16.2. The highest BCUT2D eigenvalue weighted by Gasteiger charge is 2.44. The molecule has 132 valence electrons. The Bertz CT molecular complexity index is 882. The number of aromatic nitrogens is 1. The zero-order chi connectivity index (χ0) is 19.3. The van der Waals surface area contributed by atoms with Crippen LogP contribution in [0, 0.1) is 11.8 Å². The quantitative estimate of drug-likeness (QED) is 0.608. The number of carbonyl (C=O) groups is 3. The number of primary amides is 2. The van der Waals surface area contributed by atoms with Gasteiger partial charge in [0.25, 0.3) is 17.7 Å². The maximum atomic E-state index is 12.5. The lowest BCUT2D eigenvalue weighted by molar-refractivity contribution is -0.139. The summed E-state index contributed by atoms with van der Waals surface area (Å²) in [4.78, 5) is 40.6. The number of pyridine rings is 1. The maximum absolute atomic E-state index is 12.5. The molecule has 4 N–H and O–H groups in total. The van der Waals surface area contributed by atoms with Crippen LogP contribution in [-0.2, 0) is 9.59 Å². The van der Waals surface area contributed by atoms with Crippen molar-refractivity contribution in [2.45, 2.75) is 12.5 Å². The van der Waals surface area contributed by atoms with Crippen molar-refractivity contribution in [2.75, 3.05) is 7.05 Å². The van der Waals surface area contributed by atoms with Crippen LogP contribution in [0.4, 0.5) is 0 Å². The molecule has 26 heavy (non-hydrogen) atoms. The van der Waals surface area contributed by atoms with Gasteiger partial charge in [-0.1, -0.05) is 30.0 Å². The molecule has 0 spiro atoms. The van der Waals surface area contributed by atoms with Gasteiger partial charge in [0.2, 0.25) is 0 Å². The smallest absolute Gasteiger partial charge is 0.273 e. The predicted molar refractivity (Wildman–Crippen MR) is 95.5 cm³/mol. The minimum Gasteiger partial charge on any atom is -0.367 e. The zero-order valence-electron chi connectivity index (χ0n) is 14.4. The molecule has 2 aromatic rings. The van der Waals surface area contributed by atoms with Crippen molar-refractivity contribution in [1.82, 2.24) is 9.88 Å². The van der Waals surface area contributed by atoms with Crippen LogP contribution in [0.15, 0.2) is 48.7 Å². The number of benzene rings is 1. The molecule has 1 heterocycles. The summed E-state index contributed by atoms with van der Waals surface area (Å²) in [5, 5.41) is 0. The second-order valence-electron chi connectivity index (χ2n) is 5.71. The normalized spacial score (nSPS) is 10.4. The first kappa shape index (κ1) is 18.7. The highest BCUT2D eigenvalue weighted by molar-refractivity contribution is 6.11. The maximum Gasteiger partial charge on any atom is 0.273 e. The molecule has 1 aromatic carbocycles. The average Bonchev–Trinajstić information content (AvgIpc) is 2.65. The molecule has 0 saturated heterocycles. The van der Waals surface area contributed by atoms with E-state index in [0.29, 0.717) is 5.56 Å². The van der Waals surface area contributed by atoms with Gasteiger partial charge in [0.05, 0.1) is 0 Å². The lowest BCUT2D eigenvalue weighted by atomic mass is 9.98.